The van der Waals surface area contributed by atoms with E-state index in [4.69, 9.17) is 0 Å². The van der Waals surface area contributed by atoms with E-state index in [1.54, 1.807) is 0 Å². The summed E-state index contributed by atoms with van der Waals surface area (Å²) in [6.07, 6.45) is 5.34. The summed E-state index contributed by atoms with van der Waals surface area (Å²) in [6, 6.07) is 0. The number of hydrogen-bond acceptors (Lipinski definition) is 2. The lowest BCUT2D eigenvalue weighted by Gasteiger charge is -2.37. The minimum Gasteiger partial charge on any atom is -0.316 e. The molecule has 2 nitrogen and oxygen atoms in total. The number of nitrogens with one attached hydrogen (secondary N) is 2. The smallest absolute Gasteiger partial charge is 0.000565 e. The van der Waals surface area contributed by atoms with Crippen molar-refractivity contribution in [2.24, 2.45) is 11.3 Å². The van der Waals surface area contributed by atoms with Crippen LogP contribution in [0.4, 0.5) is 0 Å². The predicted octanol–water partition coefficient (Wildman–Crippen LogP) is 2.40. The van der Waals surface area contributed by atoms with Crippen LogP contribution in [0.2, 0.25) is 0 Å². The Hall–Kier alpha value is -0.0800. The van der Waals surface area contributed by atoms with Gasteiger partial charge in [0.1, 0.15) is 0 Å². The quantitative estimate of drug-likeness (QED) is 0.661. The zero-order valence-corrected chi connectivity index (χ0v) is 10.7. The molecule has 2 heteroatoms. The Morgan fingerprint density at radius 3 is 2.80 bits per heavy atom. The number of hydrogen-bond donors (Lipinski definition) is 2. The van der Waals surface area contributed by atoms with Crippen LogP contribution in [0.1, 0.15) is 46.5 Å². The highest BCUT2D eigenvalue weighted by Crippen LogP contribution is 2.30. The molecule has 1 unspecified atom stereocenters. The zero-order chi connectivity index (χ0) is 11.1. The molecule has 0 bridgehead atoms. The van der Waals surface area contributed by atoms with Crippen molar-refractivity contribution in [2.75, 3.05) is 26.2 Å². The molecule has 1 saturated heterocycles. The van der Waals surface area contributed by atoms with Crippen LogP contribution in [-0.2, 0) is 0 Å². The van der Waals surface area contributed by atoms with Gasteiger partial charge in [-0.25, -0.2) is 0 Å². The molecule has 0 saturated carbocycles. The minimum atomic E-state index is 0.446. The maximum Gasteiger partial charge on any atom is 0.000565 e. The van der Waals surface area contributed by atoms with Crippen molar-refractivity contribution in [3.05, 3.63) is 0 Å². The van der Waals surface area contributed by atoms with Crippen LogP contribution in [0.5, 0.6) is 0 Å². The van der Waals surface area contributed by atoms with Crippen LogP contribution in [0, 0.1) is 11.3 Å². The Balaban J connectivity index is 2.23. The molecule has 0 aromatic rings. The highest BCUT2D eigenvalue weighted by atomic mass is 14.9. The standard InChI is InChI=1S/C13H28N2/c1-4-5-8-15-11-13(2,3)12-7-6-9-14-10-12/h12,14-15H,4-11H2,1-3H3. The molecule has 90 valence electrons. The highest BCUT2D eigenvalue weighted by molar-refractivity contribution is 4.84. The van der Waals surface area contributed by atoms with E-state index in [-0.39, 0.29) is 0 Å². The monoisotopic (exact) mass is 212 g/mol. The SMILES string of the molecule is CCCCNCC(C)(C)C1CCCNC1. The summed E-state index contributed by atoms with van der Waals surface area (Å²) in [6.45, 7) is 11.8. The Labute approximate surface area is 95.2 Å². The van der Waals surface area contributed by atoms with E-state index >= 15 is 0 Å². The van der Waals surface area contributed by atoms with E-state index in [1.807, 2.05) is 0 Å². The van der Waals surface area contributed by atoms with Gasteiger partial charge in [0.05, 0.1) is 0 Å². The molecule has 0 spiro atoms. The third-order valence-corrected chi connectivity index (χ3v) is 3.69. The van der Waals surface area contributed by atoms with E-state index in [9.17, 15) is 0 Å². The van der Waals surface area contributed by atoms with E-state index in [0.29, 0.717) is 5.41 Å². The van der Waals surface area contributed by atoms with Gasteiger partial charge in [-0.3, -0.25) is 0 Å². The van der Waals surface area contributed by atoms with Crippen molar-refractivity contribution in [3.63, 3.8) is 0 Å². The first-order chi connectivity index (χ1) is 7.17. The number of unbranched alkanes of at least 4 members (excludes halogenated alkanes) is 1. The summed E-state index contributed by atoms with van der Waals surface area (Å²) < 4.78 is 0. The van der Waals surface area contributed by atoms with Gasteiger partial charge in [0.15, 0.2) is 0 Å². The lowest BCUT2D eigenvalue weighted by Crippen LogP contribution is -2.43. The summed E-state index contributed by atoms with van der Waals surface area (Å²) in [5.74, 6) is 0.848. The Bertz CT molecular complexity index is 160. The summed E-state index contributed by atoms with van der Waals surface area (Å²) in [5, 5.41) is 7.11. The van der Waals surface area contributed by atoms with Crippen LogP contribution < -0.4 is 10.6 Å². The van der Waals surface area contributed by atoms with Gasteiger partial charge in [-0.05, 0) is 50.2 Å². The van der Waals surface area contributed by atoms with Crippen molar-refractivity contribution in [1.29, 1.82) is 0 Å². The van der Waals surface area contributed by atoms with Crippen LogP contribution in [0.3, 0.4) is 0 Å². The average molecular weight is 212 g/mol. The molecule has 1 atom stereocenters. The molecule has 0 aromatic heterocycles. The second-order valence-electron chi connectivity index (χ2n) is 5.56. The van der Waals surface area contributed by atoms with Gasteiger partial charge < -0.3 is 10.6 Å². The predicted molar refractivity (Wildman–Crippen MR) is 67.2 cm³/mol. The fraction of sp³-hybridized carbons (Fsp3) is 1.00. The number of piperidine rings is 1. The molecule has 0 aliphatic carbocycles. The van der Waals surface area contributed by atoms with Crippen molar-refractivity contribution in [3.8, 4) is 0 Å². The molecule has 15 heavy (non-hydrogen) atoms. The summed E-state index contributed by atoms with van der Waals surface area (Å²) >= 11 is 0. The van der Waals surface area contributed by atoms with E-state index in [2.05, 4.69) is 31.4 Å². The maximum atomic E-state index is 3.60. The summed E-state index contributed by atoms with van der Waals surface area (Å²) in [7, 11) is 0. The zero-order valence-electron chi connectivity index (χ0n) is 10.7. The maximum absolute atomic E-state index is 3.60. The molecule has 1 aliphatic heterocycles. The van der Waals surface area contributed by atoms with E-state index < -0.39 is 0 Å². The molecular formula is C13H28N2. The average Bonchev–Trinajstić information content (AvgIpc) is 2.26. The second-order valence-corrected chi connectivity index (χ2v) is 5.56. The van der Waals surface area contributed by atoms with Gasteiger partial charge >= 0.3 is 0 Å². The third-order valence-electron chi connectivity index (χ3n) is 3.69. The Morgan fingerprint density at radius 2 is 2.20 bits per heavy atom. The molecule has 0 aromatic carbocycles. The normalized spacial score (nSPS) is 23.0. The van der Waals surface area contributed by atoms with Crippen molar-refractivity contribution >= 4 is 0 Å². The van der Waals surface area contributed by atoms with Gasteiger partial charge in [0.25, 0.3) is 0 Å². The molecule has 1 rings (SSSR count). The number of rotatable bonds is 6. The summed E-state index contributed by atoms with van der Waals surface area (Å²) in [5.41, 5.74) is 0.446. The fourth-order valence-corrected chi connectivity index (χ4v) is 2.38. The van der Waals surface area contributed by atoms with Gasteiger partial charge in [0.2, 0.25) is 0 Å². The van der Waals surface area contributed by atoms with Gasteiger partial charge in [-0.1, -0.05) is 27.2 Å². The first kappa shape index (κ1) is 13.0. The highest BCUT2D eigenvalue weighted by Gasteiger charge is 2.29. The van der Waals surface area contributed by atoms with Crippen LogP contribution in [0.15, 0.2) is 0 Å². The van der Waals surface area contributed by atoms with Gasteiger partial charge in [-0.2, -0.15) is 0 Å². The van der Waals surface area contributed by atoms with Crippen LogP contribution in [0.25, 0.3) is 0 Å². The molecule has 0 radical (unpaired) electrons. The molecule has 1 fully saturated rings. The van der Waals surface area contributed by atoms with E-state index in [0.717, 1.165) is 5.92 Å². The lowest BCUT2D eigenvalue weighted by atomic mass is 9.75. The van der Waals surface area contributed by atoms with E-state index in [1.165, 1.54) is 51.9 Å². The first-order valence-corrected chi connectivity index (χ1v) is 6.58. The second kappa shape index (κ2) is 6.49. The fourth-order valence-electron chi connectivity index (χ4n) is 2.38. The van der Waals surface area contributed by atoms with Crippen molar-refractivity contribution in [1.82, 2.24) is 10.6 Å². The van der Waals surface area contributed by atoms with Crippen molar-refractivity contribution < 1.29 is 0 Å². The summed E-state index contributed by atoms with van der Waals surface area (Å²) in [4.78, 5) is 0. The Morgan fingerprint density at radius 1 is 1.40 bits per heavy atom. The molecule has 1 aliphatic rings. The van der Waals surface area contributed by atoms with Crippen LogP contribution in [-0.4, -0.2) is 26.2 Å². The van der Waals surface area contributed by atoms with Gasteiger partial charge in [0, 0.05) is 6.54 Å². The molecule has 0 amide bonds. The first-order valence-electron chi connectivity index (χ1n) is 6.58. The van der Waals surface area contributed by atoms with Gasteiger partial charge in [-0.15, -0.1) is 0 Å². The van der Waals surface area contributed by atoms with Crippen molar-refractivity contribution in [2.45, 2.75) is 46.5 Å². The largest absolute Gasteiger partial charge is 0.316 e. The molecule has 1 heterocycles. The molecular weight excluding hydrogens is 184 g/mol. The lowest BCUT2D eigenvalue weighted by molar-refractivity contribution is 0.166. The van der Waals surface area contributed by atoms with Crippen LogP contribution >= 0.6 is 0 Å². The Kier molecular flexibility index (Phi) is 5.62. The topological polar surface area (TPSA) is 24.1 Å². The minimum absolute atomic E-state index is 0.446. The third kappa shape index (κ3) is 4.52. The molecule has 2 N–H and O–H groups in total.